The van der Waals surface area contributed by atoms with Crippen molar-refractivity contribution in [2.45, 2.75) is 13.8 Å². The molecule has 0 atom stereocenters. The van der Waals surface area contributed by atoms with Crippen molar-refractivity contribution in [2.24, 2.45) is 5.10 Å². The van der Waals surface area contributed by atoms with Crippen LogP contribution in [0.25, 0.3) is 0 Å². The molecule has 2 aromatic rings. The molecular weight excluding hydrogens is 264 g/mol. The normalized spacial score (nSPS) is 11.4. The zero-order chi connectivity index (χ0) is 13.8. The number of halogens is 1. The predicted molar refractivity (Wildman–Crippen MR) is 76.9 cm³/mol. The minimum atomic E-state index is -0.214. The first-order valence-electron chi connectivity index (χ1n) is 5.69. The Morgan fingerprint density at radius 2 is 2.05 bits per heavy atom. The van der Waals surface area contributed by atoms with Crippen LogP contribution in [0.4, 0.5) is 5.95 Å². The van der Waals surface area contributed by atoms with Crippen molar-refractivity contribution in [3.05, 3.63) is 57.0 Å². The van der Waals surface area contributed by atoms with E-state index < -0.39 is 0 Å². The molecule has 0 aliphatic rings. The van der Waals surface area contributed by atoms with E-state index in [0.29, 0.717) is 16.7 Å². The molecule has 0 aliphatic heterocycles. The Kier molecular flexibility index (Phi) is 3.97. The summed E-state index contributed by atoms with van der Waals surface area (Å²) in [7, 11) is 0. The maximum Gasteiger partial charge on any atom is 0.252 e. The number of nitrogens with zero attached hydrogens (tertiary/aromatic N) is 2. The number of aromatic amines is 1. The molecule has 0 unspecified atom stereocenters. The van der Waals surface area contributed by atoms with Gasteiger partial charge in [-0.3, -0.25) is 9.78 Å². The first-order chi connectivity index (χ1) is 9.04. The fourth-order valence-electron chi connectivity index (χ4n) is 1.52. The van der Waals surface area contributed by atoms with Crippen molar-refractivity contribution < 1.29 is 0 Å². The third kappa shape index (κ3) is 3.66. The zero-order valence-electron chi connectivity index (χ0n) is 10.6. The summed E-state index contributed by atoms with van der Waals surface area (Å²) in [6, 6.07) is 8.75. The van der Waals surface area contributed by atoms with Crippen LogP contribution >= 0.6 is 11.6 Å². The lowest BCUT2D eigenvalue weighted by Gasteiger charge is -2.03. The number of aromatic nitrogens is 2. The highest BCUT2D eigenvalue weighted by Crippen LogP contribution is 2.10. The highest BCUT2D eigenvalue weighted by Gasteiger charge is 1.99. The van der Waals surface area contributed by atoms with Crippen LogP contribution < -0.4 is 11.0 Å². The average Bonchev–Trinajstić information content (AvgIpc) is 2.36. The molecular formula is C13H13ClN4O. The quantitative estimate of drug-likeness (QED) is 0.669. The standard InChI is InChI=1S/C13H13ClN4O/c1-8-7-12(19)16-13(15-8)18-17-9(2)10-3-5-11(14)6-4-10/h3-7H,1-2H3,(H2,15,16,18,19)/b17-9-. The number of H-pyrrole nitrogens is 1. The van der Waals surface area contributed by atoms with Gasteiger partial charge >= 0.3 is 0 Å². The van der Waals surface area contributed by atoms with Gasteiger partial charge in [0.05, 0.1) is 5.71 Å². The first kappa shape index (κ1) is 13.3. The molecule has 0 fully saturated rings. The molecule has 0 saturated heterocycles. The van der Waals surface area contributed by atoms with E-state index in [1.165, 1.54) is 6.07 Å². The molecule has 6 heteroatoms. The van der Waals surface area contributed by atoms with Gasteiger partial charge in [-0.15, -0.1) is 0 Å². The number of aryl methyl sites for hydroxylation is 1. The van der Waals surface area contributed by atoms with Crippen LogP contribution in [-0.2, 0) is 0 Å². The van der Waals surface area contributed by atoms with Gasteiger partial charge in [-0.05, 0) is 31.5 Å². The highest BCUT2D eigenvalue weighted by molar-refractivity contribution is 6.30. The fraction of sp³-hybridized carbons (Fsp3) is 0.154. The molecule has 0 spiro atoms. The van der Waals surface area contributed by atoms with Crippen LogP contribution in [0.15, 0.2) is 40.2 Å². The van der Waals surface area contributed by atoms with Crippen molar-refractivity contribution in [1.29, 1.82) is 0 Å². The maximum absolute atomic E-state index is 11.3. The van der Waals surface area contributed by atoms with Crippen LogP contribution in [0.5, 0.6) is 0 Å². The molecule has 0 aliphatic carbocycles. The Morgan fingerprint density at radius 1 is 1.37 bits per heavy atom. The Bertz CT molecular complexity index is 661. The number of rotatable bonds is 3. The van der Waals surface area contributed by atoms with E-state index in [9.17, 15) is 4.79 Å². The fourth-order valence-corrected chi connectivity index (χ4v) is 1.65. The third-order valence-corrected chi connectivity index (χ3v) is 2.71. The molecule has 1 aromatic heterocycles. The molecule has 0 bridgehead atoms. The van der Waals surface area contributed by atoms with Crippen LogP contribution in [0.2, 0.25) is 5.02 Å². The molecule has 0 saturated carbocycles. The van der Waals surface area contributed by atoms with E-state index in [2.05, 4.69) is 20.5 Å². The SMILES string of the molecule is C/C(=N/Nc1nc(C)cc(=O)[nH]1)c1ccc(Cl)cc1. The molecule has 0 radical (unpaired) electrons. The molecule has 2 rings (SSSR count). The number of hydrazone groups is 1. The van der Waals surface area contributed by atoms with Gasteiger partial charge in [0, 0.05) is 16.8 Å². The van der Waals surface area contributed by atoms with Gasteiger partial charge in [-0.1, -0.05) is 23.7 Å². The second-order valence-electron chi connectivity index (χ2n) is 4.05. The number of hydrogen-bond acceptors (Lipinski definition) is 4. The van der Waals surface area contributed by atoms with Crippen LogP contribution in [0.1, 0.15) is 18.2 Å². The Morgan fingerprint density at radius 3 is 2.68 bits per heavy atom. The van der Waals surface area contributed by atoms with Crippen molar-refractivity contribution in [3.8, 4) is 0 Å². The molecule has 5 nitrogen and oxygen atoms in total. The van der Waals surface area contributed by atoms with Gasteiger partial charge in [0.1, 0.15) is 0 Å². The smallest absolute Gasteiger partial charge is 0.252 e. The molecule has 98 valence electrons. The summed E-state index contributed by atoms with van der Waals surface area (Å²) in [6.07, 6.45) is 0. The highest BCUT2D eigenvalue weighted by atomic mass is 35.5. The summed E-state index contributed by atoms with van der Waals surface area (Å²) in [6.45, 7) is 3.60. The number of hydrogen-bond donors (Lipinski definition) is 2. The van der Waals surface area contributed by atoms with Crippen molar-refractivity contribution in [2.75, 3.05) is 5.43 Å². The van der Waals surface area contributed by atoms with Gasteiger partial charge < -0.3 is 0 Å². The second kappa shape index (κ2) is 5.67. The number of nitrogens with one attached hydrogen (secondary N) is 2. The maximum atomic E-state index is 11.3. The van der Waals surface area contributed by atoms with Crippen LogP contribution in [0, 0.1) is 6.92 Å². The summed E-state index contributed by atoms with van der Waals surface area (Å²) in [4.78, 5) is 17.9. The van der Waals surface area contributed by atoms with Crippen molar-refractivity contribution >= 4 is 23.3 Å². The van der Waals surface area contributed by atoms with Crippen LogP contribution in [0.3, 0.4) is 0 Å². The van der Waals surface area contributed by atoms with E-state index in [0.717, 1.165) is 11.3 Å². The Balaban J connectivity index is 2.17. The number of benzene rings is 1. The summed E-state index contributed by atoms with van der Waals surface area (Å²) in [5.74, 6) is 0.318. The van der Waals surface area contributed by atoms with Crippen molar-refractivity contribution in [3.63, 3.8) is 0 Å². The van der Waals surface area contributed by atoms with Crippen molar-refractivity contribution in [1.82, 2.24) is 9.97 Å². The van der Waals surface area contributed by atoms with E-state index >= 15 is 0 Å². The van der Waals surface area contributed by atoms with Gasteiger partial charge in [-0.2, -0.15) is 5.10 Å². The summed E-state index contributed by atoms with van der Waals surface area (Å²) < 4.78 is 0. The van der Waals surface area contributed by atoms with Gasteiger partial charge in [-0.25, -0.2) is 10.4 Å². The molecule has 19 heavy (non-hydrogen) atoms. The molecule has 1 heterocycles. The average molecular weight is 277 g/mol. The van der Waals surface area contributed by atoms with E-state index in [1.54, 1.807) is 19.1 Å². The lowest BCUT2D eigenvalue weighted by Crippen LogP contribution is -2.11. The van der Waals surface area contributed by atoms with E-state index in [4.69, 9.17) is 11.6 Å². The lowest BCUT2D eigenvalue weighted by molar-refractivity contribution is 1.04. The summed E-state index contributed by atoms with van der Waals surface area (Å²) in [5.41, 5.74) is 4.85. The van der Waals surface area contributed by atoms with Crippen LogP contribution in [-0.4, -0.2) is 15.7 Å². The molecule has 0 amide bonds. The predicted octanol–water partition coefficient (Wildman–Crippen LogP) is 2.57. The summed E-state index contributed by atoms with van der Waals surface area (Å²) in [5, 5.41) is 4.84. The van der Waals surface area contributed by atoms with E-state index in [-0.39, 0.29) is 5.56 Å². The lowest BCUT2D eigenvalue weighted by atomic mass is 10.1. The summed E-state index contributed by atoms with van der Waals surface area (Å²) >= 11 is 5.82. The minimum Gasteiger partial charge on any atom is -0.291 e. The Labute approximate surface area is 115 Å². The zero-order valence-corrected chi connectivity index (χ0v) is 11.3. The molecule has 1 aromatic carbocycles. The second-order valence-corrected chi connectivity index (χ2v) is 4.49. The monoisotopic (exact) mass is 276 g/mol. The van der Waals surface area contributed by atoms with Gasteiger partial charge in [0.25, 0.3) is 5.56 Å². The largest absolute Gasteiger partial charge is 0.291 e. The van der Waals surface area contributed by atoms with Gasteiger partial charge in [0.2, 0.25) is 5.95 Å². The molecule has 2 N–H and O–H groups in total. The first-order valence-corrected chi connectivity index (χ1v) is 6.06. The number of anilines is 1. The minimum absolute atomic E-state index is 0.214. The topological polar surface area (TPSA) is 70.1 Å². The third-order valence-electron chi connectivity index (χ3n) is 2.46. The van der Waals surface area contributed by atoms with E-state index in [1.807, 2.05) is 19.1 Å². The van der Waals surface area contributed by atoms with Gasteiger partial charge in [0.15, 0.2) is 0 Å². The Hall–Kier alpha value is -2.14.